The van der Waals surface area contributed by atoms with Crippen LogP contribution in [-0.4, -0.2) is 43.7 Å². The third-order valence-electron chi connectivity index (χ3n) is 3.41. The van der Waals surface area contributed by atoms with Crippen LogP contribution in [0.5, 0.6) is 0 Å². The zero-order chi connectivity index (χ0) is 12.5. The number of nitrogens with two attached hydrogens (primary N) is 1. The van der Waals surface area contributed by atoms with E-state index in [4.69, 9.17) is 10.5 Å². The van der Waals surface area contributed by atoms with Crippen LogP contribution in [0.2, 0.25) is 0 Å². The molecule has 1 aliphatic heterocycles. The van der Waals surface area contributed by atoms with Crippen LogP contribution < -0.4 is 5.73 Å². The average molecular weight is 234 g/mol. The lowest BCUT2D eigenvalue weighted by Gasteiger charge is -2.27. The van der Waals surface area contributed by atoms with E-state index in [1.165, 1.54) is 7.11 Å². The van der Waals surface area contributed by atoms with Crippen molar-refractivity contribution in [2.24, 2.45) is 5.73 Å². The number of nitrogens with zero attached hydrogens (tertiary/aromatic N) is 1. The normalized spacial score (nSPS) is 29.2. The number of hydrogen-bond donors (Lipinski definition) is 1. The highest BCUT2D eigenvalue weighted by Crippen LogP contribution is 2.34. The Bertz CT molecular complexity index is 407. The number of methoxy groups -OCH3 is 1. The summed E-state index contributed by atoms with van der Waals surface area (Å²) in [5, 5.41) is 0. The van der Waals surface area contributed by atoms with Gasteiger partial charge in [-0.25, -0.2) is 4.79 Å². The van der Waals surface area contributed by atoms with E-state index in [1.54, 1.807) is 0 Å². The third-order valence-corrected chi connectivity index (χ3v) is 3.41. The summed E-state index contributed by atoms with van der Waals surface area (Å²) in [4.78, 5) is 14.0. The molecule has 1 aromatic rings. The minimum absolute atomic E-state index is 0.0128. The quantitative estimate of drug-likeness (QED) is 0.761. The summed E-state index contributed by atoms with van der Waals surface area (Å²) < 4.78 is 4.85. The van der Waals surface area contributed by atoms with E-state index in [0.29, 0.717) is 6.54 Å². The second-order valence-electron chi connectivity index (χ2n) is 4.69. The molecule has 0 aliphatic carbocycles. The predicted octanol–water partition coefficient (Wildman–Crippen LogP) is 0.586. The van der Waals surface area contributed by atoms with E-state index in [1.807, 2.05) is 37.4 Å². The van der Waals surface area contributed by atoms with Gasteiger partial charge in [-0.3, -0.25) is 0 Å². The highest BCUT2D eigenvalue weighted by molar-refractivity contribution is 5.83. The maximum Gasteiger partial charge on any atom is 0.327 e. The SMILES string of the molecule is COC(=O)[C@]1(N)CN(C)C[C@@H]1c1ccccc1. The first-order chi connectivity index (χ1) is 8.08. The molecule has 92 valence electrons. The van der Waals surface area contributed by atoms with Crippen LogP contribution >= 0.6 is 0 Å². The Labute approximate surface area is 101 Å². The number of hydrogen-bond acceptors (Lipinski definition) is 4. The van der Waals surface area contributed by atoms with Gasteiger partial charge >= 0.3 is 5.97 Å². The van der Waals surface area contributed by atoms with Gasteiger partial charge in [0.15, 0.2) is 0 Å². The molecule has 0 amide bonds. The Hall–Kier alpha value is -1.39. The highest BCUT2D eigenvalue weighted by atomic mass is 16.5. The van der Waals surface area contributed by atoms with Crippen molar-refractivity contribution in [3.8, 4) is 0 Å². The van der Waals surface area contributed by atoms with Crippen LogP contribution in [-0.2, 0) is 9.53 Å². The largest absolute Gasteiger partial charge is 0.468 e. The second kappa shape index (κ2) is 4.47. The van der Waals surface area contributed by atoms with Gasteiger partial charge in [0, 0.05) is 19.0 Å². The lowest BCUT2D eigenvalue weighted by Crippen LogP contribution is -2.54. The summed E-state index contributed by atoms with van der Waals surface area (Å²) in [5.41, 5.74) is 6.41. The summed E-state index contributed by atoms with van der Waals surface area (Å²) in [6.07, 6.45) is 0. The van der Waals surface area contributed by atoms with E-state index in [0.717, 1.165) is 12.1 Å². The van der Waals surface area contributed by atoms with Crippen LogP contribution in [0.3, 0.4) is 0 Å². The molecule has 2 atom stereocenters. The fourth-order valence-electron chi connectivity index (χ4n) is 2.58. The van der Waals surface area contributed by atoms with Gasteiger partial charge in [-0.15, -0.1) is 0 Å². The first kappa shape index (κ1) is 12.1. The van der Waals surface area contributed by atoms with Crippen molar-refractivity contribution in [2.75, 3.05) is 27.2 Å². The predicted molar refractivity (Wildman–Crippen MR) is 65.6 cm³/mol. The molecule has 2 N–H and O–H groups in total. The Kier molecular flexibility index (Phi) is 3.17. The molecule has 0 bridgehead atoms. The fourth-order valence-corrected chi connectivity index (χ4v) is 2.58. The maximum atomic E-state index is 11.9. The van der Waals surface area contributed by atoms with Crippen LogP contribution in [0, 0.1) is 0 Å². The molecule has 17 heavy (non-hydrogen) atoms. The first-order valence-corrected chi connectivity index (χ1v) is 5.68. The fraction of sp³-hybridized carbons (Fsp3) is 0.462. The summed E-state index contributed by atoms with van der Waals surface area (Å²) in [5.74, 6) is -0.350. The molecule has 1 aliphatic rings. The molecule has 4 heteroatoms. The number of carbonyl (C=O) groups is 1. The Balaban J connectivity index is 2.35. The van der Waals surface area contributed by atoms with Crippen LogP contribution in [0.15, 0.2) is 30.3 Å². The molecule has 0 spiro atoms. The molecule has 0 aromatic heterocycles. The summed E-state index contributed by atoms with van der Waals surface area (Å²) in [6, 6.07) is 9.90. The van der Waals surface area contributed by atoms with Crippen molar-refractivity contribution in [1.82, 2.24) is 4.90 Å². The summed E-state index contributed by atoms with van der Waals surface area (Å²) in [7, 11) is 3.35. The van der Waals surface area contributed by atoms with Crippen molar-refractivity contribution < 1.29 is 9.53 Å². The van der Waals surface area contributed by atoms with Gasteiger partial charge in [0.25, 0.3) is 0 Å². The number of benzene rings is 1. The van der Waals surface area contributed by atoms with Gasteiger partial charge in [0.2, 0.25) is 0 Å². The average Bonchev–Trinajstić information content (AvgIpc) is 2.66. The first-order valence-electron chi connectivity index (χ1n) is 5.68. The molecule has 0 radical (unpaired) electrons. The lowest BCUT2D eigenvalue weighted by molar-refractivity contribution is -0.147. The Morgan fingerprint density at radius 1 is 1.47 bits per heavy atom. The summed E-state index contributed by atoms with van der Waals surface area (Å²) in [6.45, 7) is 1.30. The molecular weight excluding hydrogens is 216 g/mol. The van der Waals surface area contributed by atoms with Crippen LogP contribution in [0.4, 0.5) is 0 Å². The van der Waals surface area contributed by atoms with Gasteiger partial charge in [-0.1, -0.05) is 30.3 Å². The van der Waals surface area contributed by atoms with Gasteiger partial charge < -0.3 is 15.4 Å². The number of rotatable bonds is 2. The van der Waals surface area contributed by atoms with Gasteiger partial charge in [0.1, 0.15) is 5.54 Å². The minimum atomic E-state index is -0.940. The molecular formula is C13H18N2O2. The topological polar surface area (TPSA) is 55.6 Å². The molecule has 1 aromatic carbocycles. The number of ether oxygens (including phenoxy) is 1. The van der Waals surface area contributed by atoms with Gasteiger partial charge in [-0.05, 0) is 12.6 Å². The smallest absolute Gasteiger partial charge is 0.327 e. The minimum Gasteiger partial charge on any atom is -0.468 e. The molecule has 4 nitrogen and oxygen atoms in total. The number of likely N-dealkylation sites (N-methyl/N-ethyl adjacent to an activating group) is 1. The highest BCUT2D eigenvalue weighted by Gasteiger charge is 2.49. The second-order valence-corrected chi connectivity index (χ2v) is 4.69. The van der Waals surface area contributed by atoms with Gasteiger partial charge in [0.05, 0.1) is 7.11 Å². The summed E-state index contributed by atoms with van der Waals surface area (Å²) >= 11 is 0. The van der Waals surface area contributed by atoms with Crippen LogP contribution in [0.25, 0.3) is 0 Å². The molecule has 0 unspecified atom stereocenters. The zero-order valence-electron chi connectivity index (χ0n) is 10.2. The van der Waals surface area contributed by atoms with E-state index < -0.39 is 5.54 Å². The maximum absolute atomic E-state index is 11.9. The van der Waals surface area contributed by atoms with Crippen molar-refractivity contribution in [3.63, 3.8) is 0 Å². The van der Waals surface area contributed by atoms with Crippen molar-refractivity contribution >= 4 is 5.97 Å². The van der Waals surface area contributed by atoms with E-state index in [2.05, 4.69) is 4.90 Å². The Morgan fingerprint density at radius 2 is 2.12 bits per heavy atom. The van der Waals surface area contributed by atoms with E-state index >= 15 is 0 Å². The van der Waals surface area contributed by atoms with Crippen molar-refractivity contribution in [2.45, 2.75) is 11.5 Å². The number of likely N-dealkylation sites (tertiary alicyclic amines) is 1. The molecule has 2 rings (SSSR count). The van der Waals surface area contributed by atoms with Crippen LogP contribution in [0.1, 0.15) is 11.5 Å². The van der Waals surface area contributed by atoms with E-state index in [9.17, 15) is 4.79 Å². The van der Waals surface area contributed by atoms with Gasteiger partial charge in [-0.2, -0.15) is 0 Å². The standard InChI is InChI=1S/C13H18N2O2/c1-15-8-11(10-6-4-3-5-7-10)13(14,9-15)12(16)17-2/h3-7,11H,8-9,14H2,1-2H3/t11-,13+/m1/s1. The monoisotopic (exact) mass is 234 g/mol. The van der Waals surface area contributed by atoms with Crippen molar-refractivity contribution in [3.05, 3.63) is 35.9 Å². The third kappa shape index (κ3) is 2.06. The number of carbonyl (C=O) groups excluding carboxylic acids is 1. The zero-order valence-corrected chi connectivity index (χ0v) is 10.2. The Morgan fingerprint density at radius 3 is 2.71 bits per heavy atom. The molecule has 1 fully saturated rings. The molecule has 0 saturated carbocycles. The van der Waals surface area contributed by atoms with Crippen molar-refractivity contribution in [1.29, 1.82) is 0 Å². The lowest BCUT2D eigenvalue weighted by atomic mass is 9.83. The van der Waals surface area contributed by atoms with E-state index in [-0.39, 0.29) is 11.9 Å². The molecule has 1 saturated heterocycles. The molecule has 1 heterocycles. The number of esters is 1.